The minimum atomic E-state index is 0.625. The van der Waals surface area contributed by atoms with Crippen LogP contribution in [0.4, 0.5) is 0 Å². The number of hydrogen-bond acceptors (Lipinski definition) is 2. The summed E-state index contributed by atoms with van der Waals surface area (Å²) < 4.78 is 5.53. The summed E-state index contributed by atoms with van der Waals surface area (Å²) in [7, 11) is 0. The zero-order chi connectivity index (χ0) is 12.8. The Morgan fingerprint density at radius 1 is 1.22 bits per heavy atom. The molecule has 1 aromatic carbocycles. The highest BCUT2D eigenvalue weighted by molar-refractivity contribution is 5.27. The first kappa shape index (κ1) is 13.6. The third-order valence-corrected chi connectivity index (χ3v) is 3.23. The average molecular weight is 247 g/mol. The van der Waals surface area contributed by atoms with Gasteiger partial charge >= 0.3 is 0 Å². The SMILES string of the molecule is CC(C)COCCNCc1ccc(C2CC2)cc1. The molecule has 1 fully saturated rings. The molecule has 1 aliphatic carbocycles. The number of hydrogen-bond donors (Lipinski definition) is 1. The normalized spacial score (nSPS) is 15.3. The predicted molar refractivity (Wildman–Crippen MR) is 75.8 cm³/mol. The van der Waals surface area contributed by atoms with Gasteiger partial charge in [-0.05, 0) is 35.8 Å². The molecule has 0 amide bonds. The second-order valence-corrected chi connectivity index (χ2v) is 5.66. The Labute approximate surface area is 111 Å². The zero-order valence-electron chi connectivity index (χ0n) is 11.6. The Morgan fingerprint density at radius 3 is 2.56 bits per heavy atom. The second-order valence-electron chi connectivity index (χ2n) is 5.66. The quantitative estimate of drug-likeness (QED) is 0.711. The molecule has 0 unspecified atom stereocenters. The molecule has 100 valence electrons. The van der Waals surface area contributed by atoms with Gasteiger partial charge in [-0.1, -0.05) is 38.1 Å². The van der Waals surface area contributed by atoms with Gasteiger partial charge in [-0.3, -0.25) is 0 Å². The van der Waals surface area contributed by atoms with Crippen molar-refractivity contribution in [2.75, 3.05) is 19.8 Å². The third kappa shape index (κ3) is 4.79. The van der Waals surface area contributed by atoms with Crippen LogP contribution in [0.3, 0.4) is 0 Å². The van der Waals surface area contributed by atoms with Crippen molar-refractivity contribution < 1.29 is 4.74 Å². The van der Waals surface area contributed by atoms with Gasteiger partial charge in [0.15, 0.2) is 0 Å². The predicted octanol–water partition coefficient (Wildman–Crippen LogP) is 3.33. The monoisotopic (exact) mass is 247 g/mol. The van der Waals surface area contributed by atoms with Crippen molar-refractivity contribution in [2.45, 2.75) is 39.2 Å². The summed E-state index contributed by atoms with van der Waals surface area (Å²) >= 11 is 0. The summed E-state index contributed by atoms with van der Waals surface area (Å²) in [6.45, 7) is 7.88. The maximum atomic E-state index is 5.53. The van der Waals surface area contributed by atoms with Crippen molar-refractivity contribution in [1.82, 2.24) is 5.32 Å². The molecule has 2 rings (SSSR count). The Kier molecular flexibility index (Phi) is 5.21. The molecule has 2 heteroatoms. The van der Waals surface area contributed by atoms with E-state index < -0.39 is 0 Å². The van der Waals surface area contributed by atoms with E-state index in [9.17, 15) is 0 Å². The van der Waals surface area contributed by atoms with Crippen LogP contribution in [0.2, 0.25) is 0 Å². The molecule has 0 aliphatic heterocycles. The highest BCUT2D eigenvalue weighted by atomic mass is 16.5. The van der Waals surface area contributed by atoms with E-state index in [0.29, 0.717) is 5.92 Å². The summed E-state index contributed by atoms with van der Waals surface area (Å²) in [6.07, 6.45) is 2.76. The maximum Gasteiger partial charge on any atom is 0.0591 e. The molecule has 0 heterocycles. The van der Waals surface area contributed by atoms with Crippen LogP contribution >= 0.6 is 0 Å². The van der Waals surface area contributed by atoms with Crippen molar-refractivity contribution in [3.8, 4) is 0 Å². The highest BCUT2D eigenvalue weighted by Gasteiger charge is 2.22. The first-order chi connectivity index (χ1) is 8.75. The molecule has 1 saturated carbocycles. The van der Waals surface area contributed by atoms with Gasteiger partial charge in [-0.15, -0.1) is 0 Å². The Bertz CT molecular complexity index is 341. The van der Waals surface area contributed by atoms with Crippen LogP contribution in [0, 0.1) is 5.92 Å². The lowest BCUT2D eigenvalue weighted by Gasteiger charge is -2.08. The summed E-state index contributed by atoms with van der Waals surface area (Å²) in [4.78, 5) is 0. The topological polar surface area (TPSA) is 21.3 Å². The number of benzene rings is 1. The van der Waals surface area contributed by atoms with E-state index >= 15 is 0 Å². The smallest absolute Gasteiger partial charge is 0.0591 e. The fraction of sp³-hybridized carbons (Fsp3) is 0.625. The Balaban J connectivity index is 1.58. The maximum absolute atomic E-state index is 5.53. The van der Waals surface area contributed by atoms with Gasteiger partial charge in [0, 0.05) is 19.7 Å². The molecule has 1 N–H and O–H groups in total. The van der Waals surface area contributed by atoms with Crippen molar-refractivity contribution in [3.63, 3.8) is 0 Å². The van der Waals surface area contributed by atoms with Gasteiger partial charge in [-0.25, -0.2) is 0 Å². The summed E-state index contributed by atoms with van der Waals surface area (Å²) in [6, 6.07) is 9.05. The minimum absolute atomic E-state index is 0.625. The summed E-state index contributed by atoms with van der Waals surface area (Å²) in [5.41, 5.74) is 2.88. The largest absolute Gasteiger partial charge is 0.380 e. The van der Waals surface area contributed by atoms with E-state index in [1.54, 1.807) is 0 Å². The summed E-state index contributed by atoms with van der Waals surface area (Å²) in [5, 5.41) is 3.41. The minimum Gasteiger partial charge on any atom is -0.380 e. The molecule has 0 radical (unpaired) electrons. The molecule has 2 nitrogen and oxygen atoms in total. The lowest BCUT2D eigenvalue weighted by atomic mass is 10.1. The van der Waals surface area contributed by atoms with Gasteiger partial charge in [-0.2, -0.15) is 0 Å². The lowest BCUT2D eigenvalue weighted by molar-refractivity contribution is 0.111. The van der Waals surface area contributed by atoms with Crippen molar-refractivity contribution in [1.29, 1.82) is 0 Å². The first-order valence-corrected chi connectivity index (χ1v) is 7.13. The molecule has 1 aliphatic rings. The lowest BCUT2D eigenvalue weighted by Crippen LogP contribution is -2.20. The number of rotatable bonds is 8. The van der Waals surface area contributed by atoms with Gasteiger partial charge in [0.25, 0.3) is 0 Å². The highest BCUT2D eigenvalue weighted by Crippen LogP contribution is 2.39. The van der Waals surface area contributed by atoms with E-state index in [2.05, 4.69) is 43.4 Å². The van der Waals surface area contributed by atoms with Gasteiger partial charge in [0.1, 0.15) is 0 Å². The van der Waals surface area contributed by atoms with Gasteiger partial charge in [0.2, 0.25) is 0 Å². The molecule has 18 heavy (non-hydrogen) atoms. The molecule has 1 aromatic rings. The van der Waals surface area contributed by atoms with Crippen molar-refractivity contribution >= 4 is 0 Å². The van der Waals surface area contributed by atoms with Crippen LogP contribution in [0.25, 0.3) is 0 Å². The van der Waals surface area contributed by atoms with E-state index in [4.69, 9.17) is 4.74 Å². The number of nitrogens with one attached hydrogen (secondary N) is 1. The van der Waals surface area contributed by atoms with Crippen LogP contribution in [-0.4, -0.2) is 19.8 Å². The van der Waals surface area contributed by atoms with Crippen molar-refractivity contribution in [3.05, 3.63) is 35.4 Å². The van der Waals surface area contributed by atoms with E-state index in [-0.39, 0.29) is 0 Å². The first-order valence-electron chi connectivity index (χ1n) is 7.13. The van der Waals surface area contributed by atoms with Crippen LogP contribution in [-0.2, 0) is 11.3 Å². The Hall–Kier alpha value is -0.860. The molecular formula is C16H25NO. The third-order valence-electron chi connectivity index (χ3n) is 3.23. The van der Waals surface area contributed by atoms with Crippen LogP contribution < -0.4 is 5.32 Å². The molecule has 0 bridgehead atoms. The van der Waals surface area contributed by atoms with Crippen LogP contribution in [0.5, 0.6) is 0 Å². The number of ether oxygens (including phenoxy) is 1. The molecule has 0 saturated heterocycles. The fourth-order valence-corrected chi connectivity index (χ4v) is 2.02. The van der Waals surface area contributed by atoms with E-state index in [1.807, 2.05) is 0 Å². The van der Waals surface area contributed by atoms with E-state index in [0.717, 1.165) is 32.2 Å². The second kappa shape index (κ2) is 6.91. The average Bonchev–Trinajstić information content (AvgIpc) is 3.18. The molecule has 0 spiro atoms. The van der Waals surface area contributed by atoms with Crippen molar-refractivity contribution in [2.24, 2.45) is 5.92 Å². The van der Waals surface area contributed by atoms with E-state index in [1.165, 1.54) is 24.0 Å². The molecular weight excluding hydrogens is 222 g/mol. The van der Waals surface area contributed by atoms with Crippen LogP contribution in [0.15, 0.2) is 24.3 Å². The fourth-order valence-electron chi connectivity index (χ4n) is 2.02. The molecule has 0 aromatic heterocycles. The van der Waals surface area contributed by atoms with Gasteiger partial charge in [0.05, 0.1) is 6.61 Å². The zero-order valence-corrected chi connectivity index (χ0v) is 11.6. The Morgan fingerprint density at radius 2 is 1.94 bits per heavy atom. The summed E-state index contributed by atoms with van der Waals surface area (Å²) in [5.74, 6) is 1.48. The molecule has 0 atom stereocenters. The van der Waals surface area contributed by atoms with Crippen LogP contribution in [0.1, 0.15) is 43.7 Å². The van der Waals surface area contributed by atoms with Gasteiger partial charge < -0.3 is 10.1 Å². The standard InChI is InChI=1S/C16H25NO/c1-13(2)12-18-10-9-17-11-14-3-5-15(6-4-14)16-7-8-16/h3-6,13,16-17H,7-12H2,1-2H3.